The Morgan fingerprint density at radius 3 is 1.72 bits per heavy atom. The highest BCUT2D eigenvalue weighted by Crippen LogP contribution is 2.34. The summed E-state index contributed by atoms with van der Waals surface area (Å²) in [6.45, 7) is 4.03. The average Bonchev–Trinajstić information content (AvgIpc) is 3.64. The third-order valence-electron chi connectivity index (χ3n) is 7.90. The van der Waals surface area contributed by atoms with Crippen LogP contribution in [0.5, 0.6) is 0 Å². The minimum absolute atomic E-state index is 0. The zero-order valence-corrected chi connectivity index (χ0v) is 29.0. The highest BCUT2D eigenvalue weighted by molar-refractivity contribution is 6.35. The number of aryl methyl sites for hydroxylation is 2. The van der Waals surface area contributed by atoms with Gasteiger partial charge < -0.3 is 21.0 Å². The number of hydrogen-bond acceptors (Lipinski definition) is 4. The van der Waals surface area contributed by atoms with Crippen LogP contribution >= 0.6 is 24.0 Å². The van der Waals surface area contributed by atoms with E-state index in [1.807, 2.05) is 56.3 Å². The van der Waals surface area contributed by atoms with Crippen molar-refractivity contribution in [3.63, 3.8) is 0 Å². The lowest BCUT2D eigenvalue weighted by molar-refractivity contribution is -0.138. The van der Waals surface area contributed by atoms with E-state index in [4.69, 9.17) is 17.3 Å². The van der Waals surface area contributed by atoms with Gasteiger partial charge in [-0.05, 0) is 98.8 Å². The normalized spacial score (nSPS) is 11.3. The van der Waals surface area contributed by atoms with Crippen molar-refractivity contribution in [3.8, 4) is 0 Å². The molecule has 0 radical (unpaired) electrons. The van der Waals surface area contributed by atoms with E-state index in [0.29, 0.717) is 27.0 Å². The average molecular weight is 770 g/mol. The highest BCUT2D eigenvalue weighted by atomic mass is 35.5. The van der Waals surface area contributed by atoms with Crippen LogP contribution in [0.3, 0.4) is 0 Å². The number of nitrogens with zero attached hydrogens (tertiary/aromatic N) is 2. The van der Waals surface area contributed by atoms with Gasteiger partial charge in [0.05, 0.1) is 27.2 Å². The number of H-pyrrole nitrogens is 2. The second-order valence-electron chi connectivity index (χ2n) is 11.8. The summed E-state index contributed by atoms with van der Waals surface area (Å²) in [5.74, 6) is 0. The third kappa shape index (κ3) is 9.54. The largest absolute Gasteiger partial charge is 0.416 e. The van der Waals surface area contributed by atoms with Gasteiger partial charge in [-0.15, -0.1) is 12.4 Å². The number of nitrogen functional groups attached to an aromatic ring is 1. The van der Waals surface area contributed by atoms with Gasteiger partial charge in [-0.3, -0.25) is 9.97 Å². The summed E-state index contributed by atoms with van der Waals surface area (Å²) in [6.07, 6.45) is -5.84. The number of hydrogen-bond donors (Lipinski definition) is 4. The fourth-order valence-corrected chi connectivity index (χ4v) is 5.75. The molecule has 0 unspecified atom stereocenters. The Morgan fingerprint density at radius 1 is 0.623 bits per heavy atom. The molecule has 4 aromatic carbocycles. The molecule has 5 N–H and O–H groups in total. The van der Waals surface area contributed by atoms with E-state index in [9.17, 15) is 26.3 Å². The van der Waals surface area contributed by atoms with E-state index in [1.54, 1.807) is 6.07 Å². The lowest BCUT2D eigenvalue weighted by Gasteiger charge is -2.12. The van der Waals surface area contributed by atoms with Crippen LogP contribution < -0.4 is 11.1 Å². The smallest absolute Gasteiger partial charge is 0.399 e. The Morgan fingerprint density at radius 2 is 1.13 bits per heavy atom. The molecule has 4 aromatic heterocycles. The zero-order valence-electron chi connectivity index (χ0n) is 27.4. The first-order valence-electron chi connectivity index (χ1n) is 15.4. The number of aromatic nitrogens is 4. The lowest BCUT2D eigenvalue weighted by Crippen LogP contribution is -2.04. The van der Waals surface area contributed by atoms with Crippen molar-refractivity contribution >= 4 is 93.1 Å². The first-order valence-corrected chi connectivity index (χ1v) is 15.8. The van der Waals surface area contributed by atoms with Crippen LogP contribution in [0.1, 0.15) is 22.5 Å². The van der Waals surface area contributed by atoms with Gasteiger partial charge in [0.15, 0.2) is 0 Å². The van der Waals surface area contributed by atoms with Gasteiger partial charge in [-0.1, -0.05) is 32.1 Å². The second-order valence-corrected chi connectivity index (χ2v) is 12.2. The minimum atomic E-state index is -4.38. The second kappa shape index (κ2) is 16.1. The van der Waals surface area contributed by atoms with Crippen molar-refractivity contribution in [2.24, 2.45) is 0 Å². The summed E-state index contributed by atoms with van der Waals surface area (Å²) >= 11 is 5.80. The first kappa shape index (κ1) is 40.4. The summed E-state index contributed by atoms with van der Waals surface area (Å²) in [5, 5.41) is 7.08. The van der Waals surface area contributed by atoms with E-state index < -0.39 is 23.5 Å². The lowest BCUT2D eigenvalue weighted by atomic mass is 10.1. The molecule has 8 rings (SSSR count). The Bertz CT molecular complexity index is 2510. The number of nitrogens with two attached hydrogens (primary N) is 1. The molecule has 0 aliphatic rings. The van der Waals surface area contributed by atoms with E-state index in [2.05, 4.69) is 31.3 Å². The fourth-order valence-electron chi connectivity index (χ4n) is 5.53. The van der Waals surface area contributed by atoms with Crippen LogP contribution in [0, 0.1) is 13.8 Å². The summed E-state index contributed by atoms with van der Waals surface area (Å²) in [5.41, 5.74) is 11.6. The predicted octanol–water partition coefficient (Wildman–Crippen LogP) is 10.7. The zero-order chi connectivity index (χ0) is 36.5. The fraction of sp³-hybridized carbons (Fsp3) is 0.105. The maximum absolute atomic E-state index is 12.9. The van der Waals surface area contributed by atoms with Crippen molar-refractivity contribution in [1.29, 1.82) is 0 Å². The molecule has 0 saturated carbocycles. The number of pyridine rings is 2. The first-order chi connectivity index (χ1) is 24.1. The van der Waals surface area contributed by atoms with Crippen LogP contribution in [-0.4, -0.2) is 28.3 Å². The van der Waals surface area contributed by atoms with E-state index >= 15 is 0 Å². The summed E-state index contributed by atoms with van der Waals surface area (Å²) < 4.78 is 75.7. The summed E-state index contributed by atoms with van der Waals surface area (Å²) in [4.78, 5) is 14.4. The molecule has 53 heavy (non-hydrogen) atoms. The van der Waals surface area contributed by atoms with Gasteiger partial charge in [0, 0.05) is 73.4 Å². The standard InChI is InChI=1S/C19H14F3N3.C10H5ClF3N.C9H10N2.BH4.ClH/c1-11-8-12-9-14(3-5-16(12)24-11)25-17-6-7-23-18-10-13(19(20,21)22)2-4-15(17)18;11-8-3-4-15-9-5-6(10(12,13)14)1-2-7(8)9;1-6-4-7-5-8(10)2-3-9(7)11-6;;/h2-10,24H,1H3,(H,23,25);1-5H;2-5,11H,10H2,1H3;1H4;1H/q;;;-1;. The topological polar surface area (TPSA) is 95.4 Å². The van der Waals surface area contributed by atoms with E-state index in [-0.39, 0.29) is 26.3 Å². The van der Waals surface area contributed by atoms with Crippen molar-refractivity contribution in [1.82, 2.24) is 19.9 Å². The Balaban J connectivity index is 0.000000191. The minimum Gasteiger partial charge on any atom is -0.399 e. The molecule has 0 spiro atoms. The molecule has 0 aliphatic carbocycles. The number of rotatable bonds is 2. The molecule has 15 heteroatoms. The monoisotopic (exact) mass is 769 g/mol. The number of anilines is 3. The molecule has 4 heterocycles. The molecular weight excluding hydrogens is 736 g/mol. The van der Waals surface area contributed by atoms with Crippen LogP contribution in [-0.2, 0) is 12.4 Å². The third-order valence-corrected chi connectivity index (χ3v) is 8.23. The maximum Gasteiger partial charge on any atom is 0.416 e. The van der Waals surface area contributed by atoms with Gasteiger partial charge in [-0.2, -0.15) is 26.3 Å². The van der Waals surface area contributed by atoms with Crippen LogP contribution in [0.15, 0.2) is 109 Å². The molecular formula is C38H34BCl2F6N6-. The SMILES string of the molecule is Cc1cc2cc(N)ccc2[nH]1.Cc1cc2cc(Nc3ccnc4cc(C(F)(F)F)ccc34)ccc2[nH]1.Cl.FC(F)(F)c1ccc2c(Cl)ccnc2c1.[BH4-]. The van der Waals surface area contributed by atoms with Crippen LogP contribution in [0.2, 0.25) is 5.02 Å². The van der Waals surface area contributed by atoms with Crippen molar-refractivity contribution in [2.45, 2.75) is 26.2 Å². The van der Waals surface area contributed by atoms with E-state index in [0.717, 1.165) is 57.8 Å². The van der Waals surface area contributed by atoms with Crippen LogP contribution in [0.25, 0.3) is 43.6 Å². The Kier molecular flexibility index (Phi) is 12.3. The van der Waals surface area contributed by atoms with Gasteiger partial charge in [0.1, 0.15) is 0 Å². The molecule has 276 valence electrons. The molecule has 0 amide bonds. The molecule has 0 bridgehead atoms. The number of benzene rings is 4. The van der Waals surface area contributed by atoms with Gasteiger partial charge in [0.2, 0.25) is 0 Å². The molecule has 8 aromatic rings. The summed E-state index contributed by atoms with van der Waals surface area (Å²) in [6, 6.07) is 26.1. The van der Waals surface area contributed by atoms with E-state index in [1.165, 1.54) is 41.7 Å². The highest BCUT2D eigenvalue weighted by Gasteiger charge is 2.31. The van der Waals surface area contributed by atoms with Crippen molar-refractivity contribution in [2.75, 3.05) is 11.1 Å². The summed E-state index contributed by atoms with van der Waals surface area (Å²) in [7, 11) is 0. The number of alkyl halides is 6. The molecule has 6 nitrogen and oxygen atoms in total. The molecule has 0 saturated heterocycles. The van der Waals surface area contributed by atoms with Crippen molar-refractivity contribution < 1.29 is 26.3 Å². The maximum atomic E-state index is 12.9. The Labute approximate surface area is 312 Å². The number of nitrogens with one attached hydrogen (secondary N) is 3. The van der Waals surface area contributed by atoms with Gasteiger partial charge in [-0.25, -0.2) is 0 Å². The molecule has 0 atom stereocenters. The molecule has 0 fully saturated rings. The molecule has 0 aliphatic heterocycles. The quantitative estimate of drug-likeness (QED) is 0.0800. The van der Waals surface area contributed by atoms with Gasteiger partial charge >= 0.3 is 12.4 Å². The number of halogens is 8. The van der Waals surface area contributed by atoms with Crippen molar-refractivity contribution in [3.05, 3.63) is 137 Å². The number of aromatic amines is 2. The number of fused-ring (bicyclic) bond motifs is 4. The van der Waals surface area contributed by atoms with Crippen LogP contribution in [0.4, 0.5) is 43.4 Å². The predicted molar refractivity (Wildman–Crippen MR) is 211 cm³/mol. The Hall–Kier alpha value is -5.40. The van der Waals surface area contributed by atoms with Gasteiger partial charge in [0.25, 0.3) is 0 Å².